The van der Waals surface area contributed by atoms with E-state index in [2.05, 4.69) is 5.32 Å². The van der Waals surface area contributed by atoms with E-state index in [9.17, 15) is 4.79 Å². The standard InChI is InChI=1S/C17H20N2O2/c1-12-3-5-14(6-4-12)13(2)19-17(20)11-21-16-9-7-15(18)8-10-16/h3-10,13H,11,18H2,1-2H3,(H,19,20). The van der Waals surface area contributed by atoms with Crippen LogP contribution in [0.1, 0.15) is 24.1 Å². The van der Waals surface area contributed by atoms with Crippen LogP contribution in [-0.2, 0) is 4.79 Å². The zero-order chi connectivity index (χ0) is 15.2. The van der Waals surface area contributed by atoms with Crippen LogP contribution in [0.15, 0.2) is 48.5 Å². The van der Waals surface area contributed by atoms with Gasteiger partial charge in [-0.3, -0.25) is 4.79 Å². The van der Waals surface area contributed by atoms with Crippen molar-refractivity contribution in [3.63, 3.8) is 0 Å². The van der Waals surface area contributed by atoms with Crippen molar-refractivity contribution >= 4 is 11.6 Å². The van der Waals surface area contributed by atoms with Crippen molar-refractivity contribution in [2.45, 2.75) is 19.9 Å². The van der Waals surface area contributed by atoms with Crippen LogP contribution in [-0.4, -0.2) is 12.5 Å². The Bertz CT molecular complexity index is 591. The third-order valence-corrected chi connectivity index (χ3v) is 3.20. The predicted molar refractivity (Wildman–Crippen MR) is 84.1 cm³/mol. The van der Waals surface area contributed by atoms with Crippen LogP contribution >= 0.6 is 0 Å². The molecule has 0 aliphatic heterocycles. The third kappa shape index (κ3) is 4.53. The molecule has 0 fully saturated rings. The van der Waals surface area contributed by atoms with Gasteiger partial charge in [-0.15, -0.1) is 0 Å². The largest absolute Gasteiger partial charge is 0.484 e. The van der Waals surface area contributed by atoms with Crippen LogP contribution < -0.4 is 15.8 Å². The molecule has 0 radical (unpaired) electrons. The van der Waals surface area contributed by atoms with E-state index in [4.69, 9.17) is 10.5 Å². The fraction of sp³-hybridized carbons (Fsp3) is 0.235. The molecule has 0 aliphatic carbocycles. The maximum Gasteiger partial charge on any atom is 0.258 e. The van der Waals surface area contributed by atoms with Gasteiger partial charge in [0, 0.05) is 5.69 Å². The quantitative estimate of drug-likeness (QED) is 0.830. The van der Waals surface area contributed by atoms with Crippen molar-refractivity contribution in [2.75, 3.05) is 12.3 Å². The summed E-state index contributed by atoms with van der Waals surface area (Å²) in [4.78, 5) is 11.9. The van der Waals surface area contributed by atoms with Crippen LogP contribution in [0.5, 0.6) is 5.75 Å². The number of carbonyl (C=O) groups excluding carboxylic acids is 1. The van der Waals surface area contributed by atoms with E-state index in [0.29, 0.717) is 11.4 Å². The molecule has 0 heterocycles. The first-order valence-corrected chi connectivity index (χ1v) is 6.89. The molecule has 21 heavy (non-hydrogen) atoms. The highest BCUT2D eigenvalue weighted by Crippen LogP contribution is 2.14. The van der Waals surface area contributed by atoms with Crippen LogP contribution in [0, 0.1) is 6.92 Å². The van der Waals surface area contributed by atoms with Gasteiger partial charge >= 0.3 is 0 Å². The second kappa shape index (κ2) is 6.79. The Morgan fingerprint density at radius 3 is 2.38 bits per heavy atom. The number of carbonyl (C=O) groups is 1. The maximum atomic E-state index is 11.9. The maximum absolute atomic E-state index is 11.9. The average Bonchev–Trinajstić information content (AvgIpc) is 2.47. The van der Waals surface area contributed by atoms with E-state index in [-0.39, 0.29) is 18.6 Å². The zero-order valence-corrected chi connectivity index (χ0v) is 12.3. The molecule has 2 rings (SSSR count). The van der Waals surface area contributed by atoms with Gasteiger partial charge in [-0.25, -0.2) is 0 Å². The first-order chi connectivity index (χ1) is 10.0. The number of rotatable bonds is 5. The van der Waals surface area contributed by atoms with Gasteiger partial charge in [0.25, 0.3) is 5.91 Å². The Morgan fingerprint density at radius 2 is 1.76 bits per heavy atom. The van der Waals surface area contributed by atoms with Gasteiger partial charge in [0.15, 0.2) is 6.61 Å². The molecule has 2 aromatic rings. The Balaban J connectivity index is 1.83. The molecule has 4 nitrogen and oxygen atoms in total. The molecule has 0 bridgehead atoms. The van der Waals surface area contributed by atoms with Crippen LogP contribution in [0.2, 0.25) is 0 Å². The molecule has 1 atom stereocenters. The number of hydrogen-bond acceptors (Lipinski definition) is 3. The number of ether oxygens (including phenoxy) is 1. The molecule has 0 saturated heterocycles. The Labute approximate surface area is 124 Å². The second-order valence-electron chi connectivity index (χ2n) is 5.06. The van der Waals surface area contributed by atoms with Crippen molar-refractivity contribution in [3.8, 4) is 5.75 Å². The Hall–Kier alpha value is -2.49. The Kier molecular flexibility index (Phi) is 4.82. The molecule has 110 valence electrons. The lowest BCUT2D eigenvalue weighted by Crippen LogP contribution is -2.31. The molecule has 4 heteroatoms. The van der Waals surface area contributed by atoms with Crippen molar-refractivity contribution in [3.05, 3.63) is 59.7 Å². The fourth-order valence-corrected chi connectivity index (χ4v) is 1.93. The van der Waals surface area contributed by atoms with E-state index >= 15 is 0 Å². The van der Waals surface area contributed by atoms with Gasteiger partial charge in [-0.05, 0) is 43.7 Å². The minimum absolute atomic E-state index is 0.0138. The summed E-state index contributed by atoms with van der Waals surface area (Å²) in [6, 6.07) is 15.0. The number of anilines is 1. The number of benzene rings is 2. The van der Waals surface area contributed by atoms with Crippen LogP contribution in [0.25, 0.3) is 0 Å². The number of nitrogen functional groups attached to an aromatic ring is 1. The fourth-order valence-electron chi connectivity index (χ4n) is 1.93. The number of nitrogens with one attached hydrogen (secondary N) is 1. The lowest BCUT2D eigenvalue weighted by Gasteiger charge is -2.15. The highest BCUT2D eigenvalue weighted by molar-refractivity contribution is 5.78. The molecule has 0 aromatic heterocycles. The third-order valence-electron chi connectivity index (χ3n) is 3.20. The van der Waals surface area contributed by atoms with Gasteiger partial charge < -0.3 is 15.8 Å². The minimum Gasteiger partial charge on any atom is -0.484 e. The Morgan fingerprint density at radius 1 is 1.14 bits per heavy atom. The molecule has 1 amide bonds. The van der Waals surface area contributed by atoms with Crippen LogP contribution in [0.4, 0.5) is 5.69 Å². The van der Waals surface area contributed by atoms with Gasteiger partial charge in [-0.2, -0.15) is 0 Å². The highest BCUT2D eigenvalue weighted by Gasteiger charge is 2.09. The van der Waals surface area contributed by atoms with Gasteiger partial charge in [-0.1, -0.05) is 29.8 Å². The molecule has 3 N–H and O–H groups in total. The van der Waals surface area contributed by atoms with Gasteiger partial charge in [0.1, 0.15) is 5.75 Å². The monoisotopic (exact) mass is 284 g/mol. The number of nitrogens with two attached hydrogens (primary N) is 1. The molecule has 0 aliphatic rings. The first kappa shape index (κ1) is 14.9. The summed E-state index contributed by atoms with van der Waals surface area (Å²) >= 11 is 0. The van der Waals surface area contributed by atoms with E-state index in [1.165, 1.54) is 5.56 Å². The molecule has 2 aromatic carbocycles. The van der Waals surface area contributed by atoms with E-state index in [1.54, 1.807) is 24.3 Å². The summed E-state index contributed by atoms with van der Waals surface area (Å²) in [5, 5.41) is 2.91. The number of amides is 1. The normalized spacial score (nSPS) is 11.7. The SMILES string of the molecule is Cc1ccc(C(C)NC(=O)COc2ccc(N)cc2)cc1. The molecular formula is C17H20N2O2. The van der Waals surface area contributed by atoms with Crippen LogP contribution in [0.3, 0.4) is 0 Å². The van der Waals surface area contributed by atoms with E-state index in [0.717, 1.165) is 5.56 Å². The lowest BCUT2D eigenvalue weighted by atomic mass is 10.1. The summed E-state index contributed by atoms with van der Waals surface area (Å²) in [7, 11) is 0. The van der Waals surface area contributed by atoms with Crippen molar-refractivity contribution in [2.24, 2.45) is 0 Å². The lowest BCUT2D eigenvalue weighted by molar-refractivity contribution is -0.123. The summed E-state index contributed by atoms with van der Waals surface area (Å²) < 4.78 is 5.41. The highest BCUT2D eigenvalue weighted by atomic mass is 16.5. The van der Waals surface area contributed by atoms with Crippen molar-refractivity contribution in [1.29, 1.82) is 0 Å². The number of aryl methyl sites for hydroxylation is 1. The molecular weight excluding hydrogens is 264 g/mol. The summed E-state index contributed by atoms with van der Waals surface area (Å²) in [5.74, 6) is 0.474. The van der Waals surface area contributed by atoms with Crippen molar-refractivity contribution in [1.82, 2.24) is 5.32 Å². The topological polar surface area (TPSA) is 64.3 Å². The zero-order valence-electron chi connectivity index (χ0n) is 12.3. The number of hydrogen-bond donors (Lipinski definition) is 2. The molecule has 0 saturated carbocycles. The second-order valence-corrected chi connectivity index (χ2v) is 5.06. The first-order valence-electron chi connectivity index (χ1n) is 6.89. The smallest absolute Gasteiger partial charge is 0.258 e. The summed E-state index contributed by atoms with van der Waals surface area (Å²) in [5.41, 5.74) is 8.52. The summed E-state index contributed by atoms with van der Waals surface area (Å²) in [6.45, 7) is 3.97. The summed E-state index contributed by atoms with van der Waals surface area (Å²) in [6.07, 6.45) is 0. The predicted octanol–water partition coefficient (Wildman–Crippen LogP) is 2.83. The van der Waals surface area contributed by atoms with Gasteiger partial charge in [0.05, 0.1) is 6.04 Å². The minimum atomic E-state index is -0.153. The van der Waals surface area contributed by atoms with E-state index < -0.39 is 0 Å². The van der Waals surface area contributed by atoms with Crippen molar-refractivity contribution < 1.29 is 9.53 Å². The van der Waals surface area contributed by atoms with Gasteiger partial charge in [0.2, 0.25) is 0 Å². The molecule has 1 unspecified atom stereocenters. The average molecular weight is 284 g/mol. The van der Waals surface area contributed by atoms with E-state index in [1.807, 2.05) is 38.1 Å². The molecule has 0 spiro atoms.